The summed E-state index contributed by atoms with van der Waals surface area (Å²) < 4.78 is 27.8. The number of rotatable bonds is 3. The Kier molecular flexibility index (Phi) is 4.68. The summed E-state index contributed by atoms with van der Waals surface area (Å²) in [5, 5.41) is 3.35. The predicted octanol–water partition coefficient (Wildman–Crippen LogP) is 2.11. The van der Waals surface area contributed by atoms with Gasteiger partial charge in [-0.1, -0.05) is 19.3 Å². The zero-order valence-electron chi connectivity index (χ0n) is 12.4. The van der Waals surface area contributed by atoms with E-state index in [0.717, 1.165) is 58.2 Å². The fourth-order valence-corrected chi connectivity index (χ4v) is 6.67. The molecule has 0 amide bonds. The molecule has 1 saturated carbocycles. The van der Waals surface area contributed by atoms with E-state index >= 15 is 0 Å². The summed E-state index contributed by atoms with van der Waals surface area (Å²) in [4.78, 5) is 0. The molecule has 3 rings (SSSR count). The maximum absolute atomic E-state index is 12.9. The van der Waals surface area contributed by atoms with E-state index in [1.807, 2.05) is 4.31 Å². The van der Waals surface area contributed by atoms with Crippen LogP contribution < -0.4 is 5.32 Å². The first-order valence-corrected chi connectivity index (χ1v) is 9.91. The van der Waals surface area contributed by atoms with Crippen LogP contribution in [0.4, 0.5) is 0 Å². The van der Waals surface area contributed by atoms with Gasteiger partial charge in [0.2, 0.25) is 10.0 Å². The molecule has 2 unspecified atom stereocenters. The van der Waals surface area contributed by atoms with Crippen LogP contribution in [0, 0.1) is 5.92 Å². The predicted molar refractivity (Wildman–Crippen MR) is 81.1 cm³/mol. The third-order valence-corrected chi connectivity index (χ3v) is 7.85. The monoisotopic (exact) mass is 300 g/mol. The summed E-state index contributed by atoms with van der Waals surface area (Å²) in [6, 6.07) is 0.273. The van der Waals surface area contributed by atoms with E-state index in [0.29, 0.717) is 5.92 Å². The van der Waals surface area contributed by atoms with Gasteiger partial charge in [-0.05, 0) is 57.5 Å². The van der Waals surface area contributed by atoms with Crippen LogP contribution in [0.5, 0.6) is 0 Å². The second-order valence-corrected chi connectivity index (χ2v) is 8.90. The maximum Gasteiger partial charge on any atom is 0.217 e. The lowest BCUT2D eigenvalue weighted by Gasteiger charge is -2.36. The molecule has 4 nitrogen and oxygen atoms in total. The van der Waals surface area contributed by atoms with Gasteiger partial charge in [0.05, 0.1) is 5.25 Å². The van der Waals surface area contributed by atoms with E-state index in [9.17, 15) is 8.42 Å². The van der Waals surface area contributed by atoms with Gasteiger partial charge in [-0.2, -0.15) is 4.31 Å². The summed E-state index contributed by atoms with van der Waals surface area (Å²) in [5.74, 6) is 0.532. The smallest absolute Gasteiger partial charge is 0.217 e. The molecule has 0 aromatic carbocycles. The van der Waals surface area contributed by atoms with Crippen LogP contribution in [0.2, 0.25) is 0 Å². The van der Waals surface area contributed by atoms with Gasteiger partial charge < -0.3 is 5.32 Å². The fraction of sp³-hybridized carbons (Fsp3) is 1.00. The highest BCUT2D eigenvalue weighted by Crippen LogP contribution is 2.34. The Morgan fingerprint density at radius 1 is 0.900 bits per heavy atom. The minimum Gasteiger partial charge on any atom is -0.316 e. The molecule has 2 aliphatic heterocycles. The van der Waals surface area contributed by atoms with Crippen LogP contribution in [0.15, 0.2) is 0 Å². The van der Waals surface area contributed by atoms with Gasteiger partial charge in [-0.25, -0.2) is 8.42 Å². The molecule has 0 aromatic heterocycles. The van der Waals surface area contributed by atoms with Crippen molar-refractivity contribution in [3.05, 3.63) is 0 Å². The van der Waals surface area contributed by atoms with Crippen molar-refractivity contribution in [2.45, 2.75) is 69.1 Å². The zero-order valence-corrected chi connectivity index (χ0v) is 13.2. The molecular formula is C15H28N2O2S. The second kappa shape index (κ2) is 6.32. The van der Waals surface area contributed by atoms with E-state index in [1.54, 1.807) is 0 Å². The molecule has 20 heavy (non-hydrogen) atoms. The van der Waals surface area contributed by atoms with E-state index < -0.39 is 10.0 Å². The van der Waals surface area contributed by atoms with Crippen molar-refractivity contribution in [2.24, 2.45) is 5.92 Å². The number of hydrogen-bond donors (Lipinski definition) is 1. The average molecular weight is 300 g/mol. The number of piperidine rings is 1. The molecule has 1 N–H and O–H groups in total. The minimum atomic E-state index is -3.05. The Morgan fingerprint density at radius 2 is 1.70 bits per heavy atom. The van der Waals surface area contributed by atoms with Crippen LogP contribution in [-0.2, 0) is 10.0 Å². The van der Waals surface area contributed by atoms with Crippen molar-refractivity contribution >= 4 is 10.0 Å². The third-order valence-electron chi connectivity index (χ3n) is 5.43. The number of nitrogens with zero attached hydrogens (tertiary/aromatic N) is 1. The Labute approximate surface area is 123 Å². The highest BCUT2D eigenvalue weighted by Gasteiger charge is 2.42. The average Bonchev–Trinajstić information content (AvgIpc) is 2.99. The molecule has 2 saturated heterocycles. The van der Waals surface area contributed by atoms with Gasteiger partial charge in [0.25, 0.3) is 0 Å². The highest BCUT2D eigenvalue weighted by atomic mass is 32.2. The van der Waals surface area contributed by atoms with Crippen molar-refractivity contribution in [3.8, 4) is 0 Å². The number of hydrogen-bond acceptors (Lipinski definition) is 3. The molecule has 3 fully saturated rings. The topological polar surface area (TPSA) is 49.4 Å². The van der Waals surface area contributed by atoms with Crippen LogP contribution in [0.3, 0.4) is 0 Å². The van der Waals surface area contributed by atoms with Gasteiger partial charge in [-0.15, -0.1) is 0 Å². The standard InChI is InChI=1S/C15H28N2O2S/c18-20(19,14-7-2-1-3-8-14)17-11-5-9-15(17)13-6-4-10-16-12-13/h13-16H,1-12H2. The van der Waals surface area contributed by atoms with E-state index in [-0.39, 0.29) is 11.3 Å². The summed E-state index contributed by atoms with van der Waals surface area (Å²) >= 11 is 0. The quantitative estimate of drug-likeness (QED) is 0.868. The molecule has 2 heterocycles. The van der Waals surface area contributed by atoms with Gasteiger partial charge in [0.1, 0.15) is 0 Å². The second-order valence-electron chi connectivity index (χ2n) is 6.73. The van der Waals surface area contributed by atoms with E-state index in [4.69, 9.17) is 0 Å². The summed E-state index contributed by atoms with van der Waals surface area (Å²) in [5.41, 5.74) is 0. The maximum atomic E-state index is 12.9. The van der Waals surface area contributed by atoms with Crippen molar-refractivity contribution in [1.29, 1.82) is 0 Å². The van der Waals surface area contributed by atoms with Crippen LogP contribution in [0.1, 0.15) is 57.8 Å². The molecule has 5 heteroatoms. The van der Waals surface area contributed by atoms with E-state index in [1.165, 1.54) is 19.3 Å². The third kappa shape index (κ3) is 2.90. The Bertz CT molecular complexity index is 412. The number of nitrogens with one attached hydrogen (secondary N) is 1. The van der Waals surface area contributed by atoms with Crippen LogP contribution in [-0.4, -0.2) is 43.6 Å². The molecule has 1 aliphatic carbocycles. The molecule has 0 radical (unpaired) electrons. The fourth-order valence-electron chi connectivity index (χ4n) is 4.31. The first-order valence-electron chi connectivity index (χ1n) is 8.41. The van der Waals surface area contributed by atoms with Gasteiger partial charge in [0.15, 0.2) is 0 Å². The lowest BCUT2D eigenvalue weighted by atomic mass is 9.91. The zero-order chi connectivity index (χ0) is 14.0. The van der Waals surface area contributed by atoms with Crippen molar-refractivity contribution in [2.75, 3.05) is 19.6 Å². The lowest BCUT2D eigenvalue weighted by Crippen LogP contribution is -2.48. The summed E-state index contributed by atoms with van der Waals surface area (Å²) in [7, 11) is -3.05. The van der Waals surface area contributed by atoms with Gasteiger partial charge >= 0.3 is 0 Å². The van der Waals surface area contributed by atoms with Crippen molar-refractivity contribution in [3.63, 3.8) is 0 Å². The molecule has 116 valence electrons. The Morgan fingerprint density at radius 3 is 2.40 bits per heavy atom. The number of sulfonamides is 1. The molecule has 0 bridgehead atoms. The molecule has 0 aromatic rings. The Balaban J connectivity index is 1.73. The first kappa shape index (κ1) is 14.8. The van der Waals surface area contributed by atoms with Crippen molar-refractivity contribution < 1.29 is 8.42 Å². The van der Waals surface area contributed by atoms with E-state index in [2.05, 4.69) is 5.32 Å². The van der Waals surface area contributed by atoms with Crippen molar-refractivity contribution in [1.82, 2.24) is 9.62 Å². The molecule has 3 aliphatic rings. The Hall–Kier alpha value is -0.130. The van der Waals surface area contributed by atoms with Gasteiger partial charge in [0, 0.05) is 12.6 Å². The first-order chi connectivity index (χ1) is 9.69. The summed E-state index contributed by atoms with van der Waals surface area (Å²) in [6.45, 7) is 2.86. The van der Waals surface area contributed by atoms with Crippen LogP contribution in [0.25, 0.3) is 0 Å². The highest BCUT2D eigenvalue weighted by molar-refractivity contribution is 7.89. The molecule has 0 spiro atoms. The normalized spacial score (nSPS) is 34.4. The largest absolute Gasteiger partial charge is 0.316 e. The van der Waals surface area contributed by atoms with Crippen LogP contribution >= 0.6 is 0 Å². The lowest BCUT2D eigenvalue weighted by molar-refractivity contribution is 0.236. The minimum absolute atomic E-state index is 0.0894. The van der Waals surface area contributed by atoms with Gasteiger partial charge in [-0.3, -0.25) is 0 Å². The SMILES string of the molecule is O=S(=O)(C1CCCCC1)N1CCCC1C1CCCNC1. The molecule has 2 atom stereocenters. The molecular weight excluding hydrogens is 272 g/mol. The summed E-state index contributed by atoms with van der Waals surface area (Å²) in [6.07, 6.45) is 9.66.